The van der Waals surface area contributed by atoms with Gasteiger partial charge in [-0.05, 0) is 26.2 Å². The highest BCUT2D eigenvalue weighted by molar-refractivity contribution is 7.09. The van der Waals surface area contributed by atoms with Gasteiger partial charge in [0.15, 0.2) is 0 Å². The summed E-state index contributed by atoms with van der Waals surface area (Å²) in [6.45, 7) is 9.98. The molecule has 0 amide bonds. The zero-order chi connectivity index (χ0) is 13.6. The standard InChI is InChI=1S/C14H24N4S/c1-9-7-10(8-18(9)11-5-6-11)15-13-16-12(17-19-13)14(2,3)4/h9-11H,5-8H2,1-4H3,(H,15,16,17). The van der Waals surface area contributed by atoms with Crippen LogP contribution >= 0.6 is 11.5 Å². The van der Waals surface area contributed by atoms with Gasteiger partial charge in [0.2, 0.25) is 5.13 Å². The van der Waals surface area contributed by atoms with Crippen LogP contribution in [0.3, 0.4) is 0 Å². The SMILES string of the molecule is CC1CC(Nc2nc(C(C)(C)C)ns2)CN1C1CC1. The third-order valence-corrected chi connectivity index (χ3v) is 4.71. The van der Waals surface area contributed by atoms with Crippen LogP contribution in [0.25, 0.3) is 0 Å². The van der Waals surface area contributed by atoms with Gasteiger partial charge in [-0.2, -0.15) is 4.37 Å². The van der Waals surface area contributed by atoms with Crippen molar-refractivity contribution in [2.75, 3.05) is 11.9 Å². The topological polar surface area (TPSA) is 41.1 Å². The van der Waals surface area contributed by atoms with E-state index in [9.17, 15) is 0 Å². The smallest absolute Gasteiger partial charge is 0.202 e. The highest BCUT2D eigenvalue weighted by Gasteiger charge is 2.39. The molecule has 2 heterocycles. The molecule has 2 aliphatic rings. The molecule has 19 heavy (non-hydrogen) atoms. The molecule has 1 N–H and O–H groups in total. The second-order valence-electron chi connectivity index (χ2n) is 7.03. The van der Waals surface area contributed by atoms with E-state index in [1.807, 2.05) is 0 Å². The normalized spacial score (nSPS) is 28.8. The van der Waals surface area contributed by atoms with Gasteiger partial charge in [0, 0.05) is 41.6 Å². The minimum Gasteiger partial charge on any atom is -0.356 e. The highest BCUT2D eigenvalue weighted by Crippen LogP contribution is 2.34. The van der Waals surface area contributed by atoms with Gasteiger partial charge in [0.1, 0.15) is 5.82 Å². The minimum absolute atomic E-state index is 0.0411. The molecule has 106 valence electrons. The average Bonchev–Trinajstić information content (AvgIpc) is 2.92. The molecule has 1 aliphatic heterocycles. The summed E-state index contributed by atoms with van der Waals surface area (Å²) in [6, 6.07) is 2.11. The van der Waals surface area contributed by atoms with Crippen LogP contribution in [0, 0.1) is 0 Å². The molecule has 1 aromatic heterocycles. The van der Waals surface area contributed by atoms with Gasteiger partial charge in [0.05, 0.1) is 0 Å². The number of nitrogens with zero attached hydrogens (tertiary/aromatic N) is 3. The number of hydrogen-bond donors (Lipinski definition) is 1. The fourth-order valence-corrected chi connectivity index (χ4v) is 3.67. The number of nitrogens with one attached hydrogen (secondary N) is 1. The van der Waals surface area contributed by atoms with Crippen LogP contribution in [0.2, 0.25) is 0 Å². The lowest BCUT2D eigenvalue weighted by atomic mass is 9.96. The predicted molar refractivity (Wildman–Crippen MR) is 79.8 cm³/mol. The van der Waals surface area contributed by atoms with Crippen LogP contribution in [-0.2, 0) is 5.41 Å². The Balaban J connectivity index is 1.61. The lowest BCUT2D eigenvalue weighted by molar-refractivity contribution is 0.257. The van der Waals surface area contributed by atoms with Crippen LogP contribution in [0.5, 0.6) is 0 Å². The monoisotopic (exact) mass is 280 g/mol. The summed E-state index contributed by atoms with van der Waals surface area (Å²) < 4.78 is 4.47. The second kappa shape index (κ2) is 4.70. The van der Waals surface area contributed by atoms with Crippen molar-refractivity contribution in [1.29, 1.82) is 0 Å². The van der Waals surface area contributed by atoms with Crippen molar-refractivity contribution in [2.45, 2.75) is 70.5 Å². The number of hydrogen-bond acceptors (Lipinski definition) is 5. The summed E-state index contributed by atoms with van der Waals surface area (Å²) in [6.07, 6.45) is 4.01. The van der Waals surface area contributed by atoms with E-state index in [1.54, 1.807) is 0 Å². The Labute approximate surface area is 119 Å². The van der Waals surface area contributed by atoms with E-state index in [0.717, 1.165) is 23.5 Å². The first-order valence-corrected chi connectivity index (χ1v) is 8.07. The Kier molecular flexibility index (Phi) is 3.29. The number of anilines is 1. The first-order chi connectivity index (χ1) is 8.93. The Morgan fingerprint density at radius 1 is 1.32 bits per heavy atom. The van der Waals surface area contributed by atoms with Crippen LogP contribution in [0.1, 0.15) is 52.8 Å². The molecule has 2 atom stereocenters. The van der Waals surface area contributed by atoms with Crippen molar-refractivity contribution < 1.29 is 0 Å². The molecule has 5 heteroatoms. The molecule has 0 aromatic carbocycles. The van der Waals surface area contributed by atoms with Gasteiger partial charge >= 0.3 is 0 Å². The average molecular weight is 280 g/mol. The van der Waals surface area contributed by atoms with Gasteiger partial charge in [0.25, 0.3) is 0 Å². The third kappa shape index (κ3) is 2.92. The maximum absolute atomic E-state index is 4.63. The van der Waals surface area contributed by atoms with Gasteiger partial charge < -0.3 is 5.32 Å². The summed E-state index contributed by atoms with van der Waals surface area (Å²) in [5.41, 5.74) is 0.0411. The molecule has 0 bridgehead atoms. The van der Waals surface area contributed by atoms with Crippen LogP contribution in [-0.4, -0.2) is 38.9 Å². The summed E-state index contributed by atoms with van der Waals surface area (Å²) in [5.74, 6) is 0.949. The van der Waals surface area contributed by atoms with Crippen LogP contribution in [0.4, 0.5) is 5.13 Å². The Hall–Kier alpha value is -0.680. The molecule has 1 saturated heterocycles. The van der Waals surface area contributed by atoms with Gasteiger partial charge in [-0.15, -0.1) is 0 Å². The molecule has 0 radical (unpaired) electrons. The lowest BCUT2D eigenvalue weighted by Crippen LogP contribution is -2.31. The Morgan fingerprint density at radius 3 is 2.63 bits per heavy atom. The van der Waals surface area contributed by atoms with E-state index in [2.05, 4.69) is 47.3 Å². The van der Waals surface area contributed by atoms with E-state index in [1.165, 1.54) is 30.8 Å². The Morgan fingerprint density at radius 2 is 2.05 bits per heavy atom. The maximum Gasteiger partial charge on any atom is 0.202 e. The van der Waals surface area contributed by atoms with Crippen molar-refractivity contribution in [2.24, 2.45) is 0 Å². The van der Waals surface area contributed by atoms with Crippen molar-refractivity contribution in [3.8, 4) is 0 Å². The minimum atomic E-state index is 0.0411. The largest absolute Gasteiger partial charge is 0.356 e. The van der Waals surface area contributed by atoms with Crippen molar-refractivity contribution in [3.05, 3.63) is 5.82 Å². The molecule has 1 saturated carbocycles. The third-order valence-electron chi connectivity index (χ3n) is 4.06. The zero-order valence-corrected chi connectivity index (χ0v) is 13.1. The van der Waals surface area contributed by atoms with E-state index in [4.69, 9.17) is 0 Å². The molecule has 4 nitrogen and oxygen atoms in total. The summed E-state index contributed by atoms with van der Waals surface area (Å²) in [4.78, 5) is 7.29. The molecule has 2 unspecified atom stereocenters. The molecule has 2 fully saturated rings. The highest BCUT2D eigenvalue weighted by atomic mass is 32.1. The summed E-state index contributed by atoms with van der Waals surface area (Å²) in [7, 11) is 0. The molecule has 1 aromatic rings. The molecule has 3 rings (SSSR count). The lowest BCUT2D eigenvalue weighted by Gasteiger charge is -2.19. The molecule has 0 spiro atoms. The van der Waals surface area contributed by atoms with E-state index in [-0.39, 0.29) is 5.41 Å². The fraction of sp³-hybridized carbons (Fsp3) is 0.857. The van der Waals surface area contributed by atoms with Crippen molar-refractivity contribution in [3.63, 3.8) is 0 Å². The number of rotatable bonds is 3. The van der Waals surface area contributed by atoms with Gasteiger partial charge in [-0.3, -0.25) is 4.90 Å². The van der Waals surface area contributed by atoms with Crippen molar-refractivity contribution >= 4 is 16.7 Å². The Bertz CT molecular complexity index is 447. The van der Waals surface area contributed by atoms with E-state index >= 15 is 0 Å². The molecular formula is C14H24N4S. The van der Waals surface area contributed by atoms with E-state index < -0.39 is 0 Å². The molecule has 1 aliphatic carbocycles. The van der Waals surface area contributed by atoms with Crippen molar-refractivity contribution in [1.82, 2.24) is 14.3 Å². The second-order valence-corrected chi connectivity index (χ2v) is 7.78. The predicted octanol–water partition coefficient (Wildman–Crippen LogP) is 2.87. The fourth-order valence-electron chi connectivity index (χ4n) is 2.84. The first kappa shape index (κ1) is 13.3. The first-order valence-electron chi connectivity index (χ1n) is 7.30. The summed E-state index contributed by atoms with van der Waals surface area (Å²) >= 11 is 1.50. The van der Waals surface area contributed by atoms with E-state index in [0.29, 0.717) is 12.1 Å². The maximum atomic E-state index is 4.63. The van der Waals surface area contributed by atoms with Crippen LogP contribution in [0.15, 0.2) is 0 Å². The quantitative estimate of drug-likeness (QED) is 0.924. The summed E-state index contributed by atoms with van der Waals surface area (Å²) in [5, 5.41) is 4.57. The van der Waals surface area contributed by atoms with Gasteiger partial charge in [-0.1, -0.05) is 20.8 Å². The number of aromatic nitrogens is 2. The number of likely N-dealkylation sites (tertiary alicyclic amines) is 1. The molecular weight excluding hydrogens is 256 g/mol. The van der Waals surface area contributed by atoms with Gasteiger partial charge in [-0.25, -0.2) is 4.98 Å². The zero-order valence-electron chi connectivity index (χ0n) is 12.3. The van der Waals surface area contributed by atoms with Crippen LogP contribution < -0.4 is 5.32 Å².